The maximum Gasteiger partial charge on any atom is 0.335 e. The molecule has 2 rings (SSSR count). The van der Waals surface area contributed by atoms with Crippen molar-refractivity contribution in [3.05, 3.63) is 53.1 Å². The van der Waals surface area contributed by atoms with E-state index >= 15 is 0 Å². The Morgan fingerprint density at radius 1 is 0.800 bits per heavy atom. The molecule has 6 nitrogen and oxygen atoms in total. The van der Waals surface area contributed by atoms with Gasteiger partial charge in [-0.05, 0) is 30.3 Å². The molecular formula is C14H10O6. The van der Waals surface area contributed by atoms with Crippen molar-refractivity contribution in [2.45, 2.75) is 0 Å². The van der Waals surface area contributed by atoms with Crippen LogP contribution in [0, 0.1) is 0 Å². The predicted molar refractivity (Wildman–Crippen MR) is 68.3 cm³/mol. The highest BCUT2D eigenvalue weighted by Crippen LogP contribution is 2.28. The van der Waals surface area contributed by atoms with E-state index < -0.39 is 23.3 Å². The summed E-state index contributed by atoms with van der Waals surface area (Å²) in [6.45, 7) is 0. The number of aromatic carboxylic acids is 1. The van der Waals surface area contributed by atoms with Crippen LogP contribution in [0.15, 0.2) is 36.4 Å². The summed E-state index contributed by atoms with van der Waals surface area (Å²) in [6.07, 6.45) is 0. The molecule has 0 amide bonds. The number of phenols is 3. The van der Waals surface area contributed by atoms with Crippen LogP contribution in [0.2, 0.25) is 0 Å². The van der Waals surface area contributed by atoms with Crippen LogP contribution in [0.4, 0.5) is 0 Å². The van der Waals surface area contributed by atoms with E-state index in [1.54, 1.807) is 0 Å². The molecule has 0 saturated heterocycles. The lowest BCUT2D eigenvalue weighted by molar-refractivity contribution is 0.0696. The van der Waals surface area contributed by atoms with Gasteiger partial charge in [-0.1, -0.05) is 0 Å². The lowest BCUT2D eigenvalue weighted by atomic mass is 10.00. The fourth-order valence-corrected chi connectivity index (χ4v) is 1.71. The van der Waals surface area contributed by atoms with Crippen LogP contribution in [-0.4, -0.2) is 32.2 Å². The molecule has 20 heavy (non-hydrogen) atoms. The maximum absolute atomic E-state index is 12.1. The highest BCUT2D eigenvalue weighted by molar-refractivity contribution is 6.12. The summed E-state index contributed by atoms with van der Waals surface area (Å²) in [6, 6.07) is 6.70. The van der Waals surface area contributed by atoms with Gasteiger partial charge in [-0.25, -0.2) is 4.79 Å². The van der Waals surface area contributed by atoms with Crippen LogP contribution in [0.1, 0.15) is 26.3 Å². The number of ketones is 1. The van der Waals surface area contributed by atoms with Gasteiger partial charge in [0.15, 0.2) is 5.78 Å². The van der Waals surface area contributed by atoms with E-state index in [1.165, 1.54) is 18.2 Å². The Bertz CT molecular complexity index is 705. The first kappa shape index (κ1) is 13.4. The van der Waals surface area contributed by atoms with Crippen LogP contribution < -0.4 is 0 Å². The first-order valence-corrected chi connectivity index (χ1v) is 5.53. The Morgan fingerprint density at radius 2 is 1.35 bits per heavy atom. The second-order valence-corrected chi connectivity index (χ2v) is 4.07. The Hall–Kier alpha value is -3.02. The first-order chi connectivity index (χ1) is 9.40. The summed E-state index contributed by atoms with van der Waals surface area (Å²) in [5, 5.41) is 37.2. The maximum atomic E-state index is 12.1. The van der Waals surface area contributed by atoms with Gasteiger partial charge in [0, 0.05) is 6.07 Å². The minimum Gasteiger partial charge on any atom is -0.508 e. The lowest BCUT2D eigenvalue weighted by Gasteiger charge is -2.07. The van der Waals surface area contributed by atoms with Gasteiger partial charge in [0.2, 0.25) is 0 Å². The zero-order valence-corrected chi connectivity index (χ0v) is 10.1. The Morgan fingerprint density at radius 3 is 1.85 bits per heavy atom. The minimum absolute atomic E-state index is 0.110. The summed E-state index contributed by atoms with van der Waals surface area (Å²) >= 11 is 0. The van der Waals surface area contributed by atoms with Gasteiger partial charge < -0.3 is 20.4 Å². The fourth-order valence-electron chi connectivity index (χ4n) is 1.71. The van der Waals surface area contributed by atoms with Gasteiger partial charge >= 0.3 is 5.97 Å². The molecule has 2 aromatic carbocycles. The van der Waals surface area contributed by atoms with Crippen molar-refractivity contribution in [3.63, 3.8) is 0 Å². The molecule has 0 bridgehead atoms. The quantitative estimate of drug-likeness (QED) is 0.633. The average molecular weight is 274 g/mol. The second kappa shape index (κ2) is 4.93. The highest BCUT2D eigenvalue weighted by atomic mass is 16.4. The summed E-state index contributed by atoms with van der Waals surface area (Å²) < 4.78 is 0. The van der Waals surface area contributed by atoms with Crippen molar-refractivity contribution in [1.82, 2.24) is 0 Å². The van der Waals surface area contributed by atoms with Crippen molar-refractivity contribution >= 4 is 11.8 Å². The molecule has 0 saturated carbocycles. The number of hydrogen-bond donors (Lipinski definition) is 4. The van der Waals surface area contributed by atoms with Crippen LogP contribution in [0.25, 0.3) is 0 Å². The van der Waals surface area contributed by atoms with E-state index in [0.29, 0.717) is 0 Å². The number of hydrogen-bond acceptors (Lipinski definition) is 5. The molecule has 0 atom stereocenters. The monoisotopic (exact) mass is 274 g/mol. The second-order valence-electron chi connectivity index (χ2n) is 4.07. The van der Waals surface area contributed by atoms with Crippen molar-refractivity contribution in [2.75, 3.05) is 0 Å². The number of phenolic OH excluding ortho intramolecular Hbond substituents is 3. The topological polar surface area (TPSA) is 115 Å². The molecule has 0 aromatic heterocycles. The molecule has 0 aliphatic carbocycles. The number of aromatic hydroxyl groups is 3. The van der Waals surface area contributed by atoms with Crippen LogP contribution in [0.3, 0.4) is 0 Å². The van der Waals surface area contributed by atoms with E-state index in [1.807, 2.05) is 0 Å². The van der Waals surface area contributed by atoms with E-state index in [4.69, 9.17) is 10.2 Å². The zero-order chi connectivity index (χ0) is 14.9. The van der Waals surface area contributed by atoms with Gasteiger partial charge in [0.1, 0.15) is 17.2 Å². The van der Waals surface area contributed by atoms with E-state index in [0.717, 1.165) is 18.2 Å². The fraction of sp³-hybridized carbons (Fsp3) is 0. The SMILES string of the molecule is O=C(O)c1ccc(C(=O)c2ccc(O)cc2O)c(O)c1. The molecule has 0 radical (unpaired) electrons. The summed E-state index contributed by atoms with van der Waals surface area (Å²) in [5.74, 6) is -3.05. The number of rotatable bonds is 3. The predicted octanol–water partition coefficient (Wildman–Crippen LogP) is 1.73. The van der Waals surface area contributed by atoms with Crippen molar-refractivity contribution < 1.29 is 30.0 Å². The molecule has 0 aliphatic rings. The lowest BCUT2D eigenvalue weighted by Crippen LogP contribution is -2.04. The molecule has 6 heteroatoms. The Balaban J connectivity index is 2.46. The average Bonchev–Trinajstić information content (AvgIpc) is 2.37. The number of carbonyl (C=O) groups is 2. The van der Waals surface area contributed by atoms with Crippen molar-refractivity contribution in [2.24, 2.45) is 0 Å². The van der Waals surface area contributed by atoms with Crippen LogP contribution >= 0.6 is 0 Å². The van der Waals surface area contributed by atoms with E-state index in [9.17, 15) is 19.8 Å². The first-order valence-electron chi connectivity index (χ1n) is 5.53. The van der Waals surface area contributed by atoms with Crippen molar-refractivity contribution in [3.8, 4) is 17.2 Å². The van der Waals surface area contributed by atoms with Gasteiger partial charge in [-0.15, -0.1) is 0 Å². The molecule has 0 fully saturated rings. The molecular weight excluding hydrogens is 264 g/mol. The molecule has 2 aromatic rings. The van der Waals surface area contributed by atoms with Crippen molar-refractivity contribution in [1.29, 1.82) is 0 Å². The molecule has 0 unspecified atom stereocenters. The standard InChI is InChI=1S/C14H10O6/c15-8-2-4-10(12(17)6-8)13(18)9-3-1-7(14(19)20)5-11(9)16/h1-6,15-17H,(H,19,20). The largest absolute Gasteiger partial charge is 0.508 e. The highest BCUT2D eigenvalue weighted by Gasteiger charge is 2.18. The molecule has 102 valence electrons. The summed E-state index contributed by atoms with van der Waals surface area (Å²) in [5.41, 5.74) is -0.411. The smallest absolute Gasteiger partial charge is 0.335 e. The minimum atomic E-state index is -1.23. The Labute approximate surface area is 113 Å². The number of carboxylic acid groups (broad SMARTS) is 1. The number of carbonyl (C=O) groups excluding carboxylic acids is 1. The normalized spacial score (nSPS) is 10.2. The zero-order valence-electron chi connectivity index (χ0n) is 10.1. The van der Waals surface area contributed by atoms with Gasteiger partial charge in [-0.3, -0.25) is 4.79 Å². The third-order valence-electron chi connectivity index (χ3n) is 2.72. The number of carboxylic acids is 1. The van der Waals surface area contributed by atoms with Crippen LogP contribution in [0.5, 0.6) is 17.2 Å². The molecule has 4 N–H and O–H groups in total. The molecule has 0 spiro atoms. The van der Waals surface area contributed by atoms with Gasteiger partial charge in [0.05, 0.1) is 16.7 Å². The molecule has 0 heterocycles. The number of benzene rings is 2. The summed E-state index contributed by atoms with van der Waals surface area (Å²) in [7, 11) is 0. The van der Waals surface area contributed by atoms with E-state index in [-0.39, 0.29) is 22.4 Å². The van der Waals surface area contributed by atoms with E-state index in [2.05, 4.69) is 0 Å². The third-order valence-corrected chi connectivity index (χ3v) is 2.72. The third kappa shape index (κ3) is 2.39. The molecule has 0 aliphatic heterocycles. The summed E-state index contributed by atoms with van der Waals surface area (Å²) in [4.78, 5) is 22.9. The Kier molecular flexibility index (Phi) is 3.30. The van der Waals surface area contributed by atoms with Gasteiger partial charge in [0.25, 0.3) is 0 Å². The van der Waals surface area contributed by atoms with Crippen LogP contribution in [-0.2, 0) is 0 Å². The van der Waals surface area contributed by atoms with Gasteiger partial charge in [-0.2, -0.15) is 0 Å².